The minimum Gasteiger partial charge on any atom is -0.493 e. The van der Waals surface area contributed by atoms with Crippen molar-refractivity contribution in [1.82, 2.24) is 5.32 Å². The first-order valence-corrected chi connectivity index (χ1v) is 10.6. The van der Waals surface area contributed by atoms with Crippen LogP contribution in [0, 0.1) is 6.92 Å². The van der Waals surface area contributed by atoms with E-state index in [1.54, 1.807) is 26.4 Å². The Morgan fingerprint density at radius 1 is 1.13 bits per heavy atom. The Labute approximate surface area is 182 Å². The fourth-order valence-electron chi connectivity index (χ4n) is 4.41. The van der Waals surface area contributed by atoms with Gasteiger partial charge in [0.05, 0.1) is 33.6 Å². The number of quaternary nitrogens is 1. The molecule has 2 atom stereocenters. The van der Waals surface area contributed by atoms with Crippen LogP contribution in [0.2, 0.25) is 0 Å². The number of rotatable bonds is 7. The Kier molecular flexibility index (Phi) is 6.28. The summed E-state index contributed by atoms with van der Waals surface area (Å²) in [6.45, 7) is 4.47. The summed E-state index contributed by atoms with van der Waals surface area (Å²) in [6.07, 6.45) is 2.46. The molecule has 0 fully saturated rings. The minimum atomic E-state index is -0.201. The summed E-state index contributed by atoms with van der Waals surface area (Å²) >= 11 is 0. The highest BCUT2D eigenvalue weighted by Crippen LogP contribution is 2.34. The van der Waals surface area contributed by atoms with Gasteiger partial charge in [-0.2, -0.15) is 0 Å². The lowest BCUT2D eigenvalue weighted by molar-refractivity contribution is -0.945. The van der Waals surface area contributed by atoms with E-state index in [0.717, 1.165) is 25.3 Å². The van der Waals surface area contributed by atoms with Crippen LogP contribution in [0.4, 0.5) is 0 Å². The molecule has 4 rings (SSSR count). The maximum absolute atomic E-state index is 12.5. The van der Waals surface area contributed by atoms with E-state index in [1.807, 2.05) is 0 Å². The van der Waals surface area contributed by atoms with Crippen molar-refractivity contribution in [2.75, 3.05) is 27.3 Å². The van der Waals surface area contributed by atoms with E-state index in [4.69, 9.17) is 13.9 Å². The molecule has 162 valence electrons. The summed E-state index contributed by atoms with van der Waals surface area (Å²) in [4.78, 5) is 13.9. The Bertz CT molecular complexity index is 1050. The van der Waals surface area contributed by atoms with Gasteiger partial charge in [0.25, 0.3) is 5.91 Å². The molecule has 2 aromatic carbocycles. The van der Waals surface area contributed by atoms with Crippen LogP contribution in [-0.4, -0.2) is 33.2 Å². The Morgan fingerprint density at radius 3 is 2.65 bits per heavy atom. The summed E-state index contributed by atoms with van der Waals surface area (Å²) in [6, 6.07) is 16.2. The quantitative estimate of drug-likeness (QED) is 0.616. The Hall–Kier alpha value is -3.25. The van der Waals surface area contributed by atoms with Gasteiger partial charge in [0, 0.05) is 17.5 Å². The minimum absolute atomic E-state index is 0.0861. The lowest BCUT2D eigenvalue weighted by atomic mass is 9.91. The number of methoxy groups -OCH3 is 2. The molecule has 6 heteroatoms. The van der Waals surface area contributed by atoms with Crippen molar-refractivity contribution < 1.29 is 23.6 Å². The van der Waals surface area contributed by atoms with Crippen molar-refractivity contribution >= 4 is 5.91 Å². The van der Waals surface area contributed by atoms with Crippen LogP contribution in [0.25, 0.3) is 0 Å². The van der Waals surface area contributed by atoms with Crippen LogP contribution in [-0.2, 0) is 13.0 Å². The van der Waals surface area contributed by atoms with Crippen molar-refractivity contribution in [3.63, 3.8) is 0 Å². The van der Waals surface area contributed by atoms with Gasteiger partial charge >= 0.3 is 0 Å². The fourth-order valence-corrected chi connectivity index (χ4v) is 4.41. The topological polar surface area (TPSA) is 65.1 Å². The highest BCUT2D eigenvalue weighted by atomic mass is 16.5. The third-order valence-electron chi connectivity index (χ3n) is 5.95. The number of hydrogen-bond donors (Lipinski definition) is 2. The number of fused-ring (bicyclic) bond motifs is 1. The number of carbonyl (C=O) groups is 1. The second-order valence-corrected chi connectivity index (χ2v) is 7.97. The number of amides is 1. The molecule has 0 saturated heterocycles. The number of hydrogen-bond acceptors (Lipinski definition) is 4. The predicted molar refractivity (Wildman–Crippen MR) is 118 cm³/mol. The Morgan fingerprint density at radius 2 is 1.94 bits per heavy atom. The molecule has 0 radical (unpaired) electrons. The van der Waals surface area contributed by atoms with Gasteiger partial charge in [-0.15, -0.1) is 0 Å². The molecule has 2 N–H and O–H groups in total. The monoisotopic (exact) mass is 421 g/mol. The molecule has 1 aromatic heterocycles. The number of carbonyl (C=O) groups excluding carboxylic acids is 1. The van der Waals surface area contributed by atoms with Crippen LogP contribution in [0.3, 0.4) is 0 Å². The summed E-state index contributed by atoms with van der Waals surface area (Å²) in [5.41, 5.74) is 4.97. The highest BCUT2D eigenvalue weighted by molar-refractivity contribution is 5.91. The molecule has 1 unspecified atom stereocenters. The zero-order chi connectivity index (χ0) is 21.8. The third-order valence-corrected chi connectivity index (χ3v) is 5.95. The van der Waals surface area contributed by atoms with Crippen LogP contribution < -0.4 is 19.7 Å². The van der Waals surface area contributed by atoms with Gasteiger partial charge in [0.1, 0.15) is 12.6 Å². The van der Waals surface area contributed by atoms with Crippen LogP contribution in [0.15, 0.2) is 59.2 Å². The van der Waals surface area contributed by atoms with Crippen LogP contribution in [0.5, 0.6) is 11.5 Å². The molecule has 1 aliphatic rings. The second-order valence-electron chi connectivity index (χ2n) is 7.97. The van der Waals surface area contributed by atoms with E-state index < -0.39 is 0 Å². The number of furan rings is 1. The first kappa shape index (κ1) is 21.0. The van der Waals surface area contributed by atoms with E-state index in [1.165, 1.54) is 33.4 Å². The van der Waals surface area contributed by atoms with Gasteiger partial charge in [-0.05, 0) is 36.8 Å². The second kappa shape index (κ2) is 9.27. The molecule has 0 spiro atoms. The van der Waals surface area contributed by atoms with E-state index in [9.17, 15) is 4.79 Å². The normalized spacial score (nSPS) is 17.6. The Balaban J connectivity index is 1.64. The largest absolute Gasteiger partial charge is 0.493 e. The highest BCUT2D eigenvalue weighted by Gasteiger charge is 2.33. The molecule has 31 heavy (non-hydrogen) atoms. The fraction of sp³-hybridized carbons (Fsp3) is 0.320. The summed E-state index contributed by atoms with van der Waals surface area (Å²) in [7, 11) is 3.31. The zero-order valence-electron chi connectivity index (χ0n) is 18.2. The van der Waals surface area contributed by atoms with Crippen LogP contribution >= 0.6 is 0 Å². The van der Waals surface area contributed by atoms with Gasteiger partial charge in [-0.3, -0.25) is 4.79 Å². The molecule has 6 nitrogen and oxygen atoms in total. The number of aryl methyl sites for hydroxylation is 1. The summed E-state index contributed by atoms with van der Waals surface area (Å²) in [5.74, 6) is 1.57. The number of benzene rings is 2. The van der Waals surface area contributed by atoms with Gasteiger partial charge in [0.2, 0.25) is 0 Å². The van der Waals surface area contributed by atoms with Gasteiger partial charge in [-0.25, -0.2) is 0 Å². The SMILES string of the molecule is COc1cc2c(cc1OC)[C@@H](CNC(=O)c1ccco1)[NH+](Cc1cccc(C)c1)CC2. The molecule has 1 aliphatic heterocycles. The van der Waals surface area contributed by atoms with E-state index in [-0.39, 0.29) is 11.9 Å². The van der Waals surface area contributed by atoms with Gasteiger partial charge in [-0.1, -0.05) is 29.8 Å². The smallest absolute Gasteiger partial charge is 0.287 e. The zero-order valence-corrected chi connectivity index (χ0v) is 18.2. The maximum atomic E-state index is 12.5. The maximum Gasteiger partial charge on any atom is 0.287 e. The van der Waals surface area contributed by atoms with Crippen molar-refractivity contribution in [3.8, 4) is 11.5 Å². The molecular weight excluding hydrogens is 392 g/mol. The number of nitrogens with one attached hydrogen (secondary N) is 2. The first-order chi connectivity index (χ1) is 15.1. The average molecular weight is 422 g/mol. The van der Waals surface area contributed by atoms with Crippen LogP contribution in [0.1, 0.15) is 38.9 Å². The molecule has 0 saturated carbocycles. The van der Waals surface area contributed by atoms with Crippen molar-refractivity contribution in [2.45, 2.75) is 25.9 Å². The molecule has 2 heterocycles. The molecular formula is C25H29N2O4+. The van der Waals surface area contributed by atoms with E-state index >= 15 is 0 Å². The molecule has 3 aromatic rings. The average Bonchev–Trinajstić information content (AvgIpc) is 3.32. The molecule has 0 bridgehead atoms. The predicted octanol–water partition coefficient (Wildman–Crippen LogP) is 2.72. The van der Waals surface area contributed by atoms with Crippen molar-refractivity contribution in [2.24, 2.45) is 0 Å². The lowest BCUT2D eigenvalue weighted by Crippen LogP contribution is -3.12. The number of ether oxygens (including phenoxy) is 2. The summed E-state index contributed by atoms with van der Waals surface area (Å²) in [5, 5.41) is 3.06. The van der Waals surface area contributed by atoms with E-state index in [2.05, 4.69) is 48.6 Å². The van der Waals surface area contributed by atoms with Gasteiger partial charge in [0.15, 0.2) is 17.3 Å². The molecule has 0 aliphatic carbocycles. The third kappa shape index (κ3) is 4.59. The summed E-state index contributed by atoms with van der Waals surface area (Å²) < 4.78 is 16.3. The first-order valence-electron chi connectivity index (χ1n) is 10.6. The van der Waals surface area contributed by atoms with Crippen molar-refractivity contribution in [1.29, 1.82) is 0 Å². The van der Waals surface area contributed by atoms with Gasteiger partial charge < -0.3 is 24.1 Å². The van der Waals surface area contributed by atoms with E-state index in [0.29, 0.717) is 18.1 Å². The standard InChI is InChI=1S/C25H28N2O4/c1-17-6-4-7-18(12-17)16-27-10-9-19-13-23(29-2)24(30-3)14-20(19)21(27)15-26-25(28)22-8-5-11-31-22/h4-8,11-14,21H,9-10,15-16H2,1-3H3,(H,26,28)/p+1/t21-/m1/s1. The van der Waals surface area contributed by atoms with Crippen molar-refractivity contribution in [3.05, 3.63) is 82.8 Å². The molecule has 1 amide bonds. The lowest BCUT2D eigenvalue weighted by Gasteiger charge is -2.35.